The molecule has 0 atom stereocenters. The van der Waals surface area contributed by atoms with Crippen molar-refractivity contribution in [3.05, 3.63) is 94.9 Å². The first-order valence-corrected chi connectivity index (χ1v) is 11.8. The monoisotopic (exact) mass is 452 g/mol. The molecule has 2 aromatic heterocycles. The van der Waals surface area contributed by atoms with E-state index in [-0.39, 0.29) is 0 Å². The molecule has 4 nitrogen and oxygen atoms in total. The smallest absolute Gasteiger partial charge is 0.230 e. The topological polar surface area (TPSA) is 47.6 Å². The van der Waals surface area contributed by atoms with E-state index < -0.39 is 0 Å². The van der Waals surface area contributed by atoms with E-state index in [1.165, 1.54) is 11.1 Å². The third-order valence-corrected chi connectivity index (χ3v) is 6.26. The van der Waals surface area contributed by atoms with Gasteiger partial charge in [-0.3, -0.25) is 0 Å². The Morgan fingerprint density at radius 3 is 2.39 bits per heavy atom. The summed E-state index contributed by atoms with van der Waals surface area (Å²) in [7, 11) is 0. The molecule has 0 fully saturated rings. The summed E-state index contributed by atoms with van der Waals surface area (Å²) in [6.07, 6.45) is 0. The Morgan fingerprint density at radius 1 is 0.939 bits per heavy atom. The van der Waals surface area contributed by atoms with Crippen molar-refractivity contribution >= 4 is 28.0 Å². The lowest BCUT2D eigenvalue weighted by Gasteiger charge is -2.08. The molecule has 0 unspecified atom stereocenters. The predicted molar refractivity (Wildman–Crippen MR) is 135 cm³/mol. The molecule has 33 heavy (non-hydrogen) atoms. The van der Waals surface area contributed by atoms with Crippen molar-refractivity contribution in [2.75, 3.05) is 6.61 Å². The molecule has 0 aliphatic carbocycles. The van der Waals surface area contributed by atoms with Crippen molar-refractivity contribution in [3.63, 3.8) is 0 Å². The van der Waals surface area contributed by atoms with E-state index in [2.05, 4.69) is 49.6 Å². The zero-order valence-electron chi connectivity index (χ0n) is 18.8. The first-order chi connectivity index (χ1) is 16.1. The van der Waals surface area contributed by atoms with Gasteiger partial charge >= 0.3 is 0 Å². The maximum atomic E-state index is 6.37. The minimum absolute atomic E-state index is 0.517. The van der Waals surface area contributed by atoms with Crippen molar-refractivity contribution in [2.24, 2.45) is 4.99 Å². The van der Waals surface area contributed by atoms with Gasteiger partial charge in [-0.2, -0.15) is 0 Å². The van der Waals surface area contributed by atoms with Gasteiger partial charge in [0.05, 0.1) is 23.6 Å². The minimum atomic E-state index is 0.517. The first-order valence-electron chi connectivity index (χ1n) is 10.9. The van der Waals surface area contributed by atoms with Crippen LogP contribution < -0.4 is 10.3 Å². The van der Waals surface area contributed by atoms with Crippen molar-refractivity contribution in [1.82, 2.24) is 4.98 Å². The third kappa shape index (κ3) is 4.45. The largest absolute Gasteiger partial charge is 0.490 e. The summed E-state index contributed by atoms with van der Waals surface area (Å²) in [5.74, 6) is 0.710. The summed E-state index contributed by atoms with van der Waals surface area (Å²) < 4.78 is 12.2. The Hall–Kier alpha value is -3.70. The van der Waals surface area contributed by atoms with Crippen LogP contribution in [0.15, 0.2) is 87.6 Å². The molecule has 5 aromatic rings. The van der Waals surface area contributed by atoms with Crippen LogP contribution >= 0.6 is 11.3 Å². The number of hydrogen-bond acceptors (Lipinski definition) is 5. The molecule has 0 aliphatic rings. The number of aromatic nitrogens is 1. The number of aryl methyl sites for hydroxylation is 2. The average Bonchev–Trinajstić information content (AvgIpc) is 3.31. The second-order valence-electron chi connectivity index (χ2n) is 7.92. The van der Waals surface area contributed by atoms with Gasteiger partial charge in [0, 0.05) is 16.3 Å². The van der Waals surface area contributed by atoms with Gasteiger partial charge in [0.1, 0.15) is 5.01 Å². The molecule has 0 N–H and O–H groups in total. The Labute approximate surface area is 196 Å². The molecule has 5 heteroatoms. The van der Waals surface area contributed by atoms with Crippen LogP contribution in [0.3, 0.4) is 0 Å². The van der Waals surface area contributed by atoms with Gasteiger partial charge in [-0.15, -0.1) is 11.3 Å². The van der Waals surface area contributed by atoms with E-state index in [9.17, 15) is 0 Å². The molecule has 164 valence electrons. The molecule has 0 saturated heterocycles. The maximum absolute atomic E-state index is 6.37. The molecular weight excluding hydrogens is 428 g/mol. The summed E-state index contributed by atoms with van der Waals surface area (Å²) in [5.41, 5.74) is 7.34. The minimum Gasteiger partial charge on any atom is -0.490 e. The number of benzene rings is 3. The second kappa shape index (κ2) is 9.04. The van der Waals surface area contributed by atoms with Gasteiger partial charge in [0.15, 0.2) is 11.3 Å². The zero-order chi connectivity index (χ0) is 22.8. The van der Waals surface area contributed by atoms with Crippen molar-refractivity contribution < 1.29 is 9.15 Å². The lowest BCUT2D eigenvalue weighted by atomic mass is 10.1. The predicted octanol–water partition coefficient (Wildman–Crippen LogP) is 7.47. The van der Waals surface area contributed by atoms with E-state index >= 15 is 0 Å². The highest BCUT2D eigenvalue weighted by molar-refractivity contribution is 7.13. The van der Waals surface area contributed by atoms with Crippen LogP contribution in [-0.2, 0) is 0 Å². The van der Waals surface area contributed by atoms with E-state index in [0.29, 0.717) is 23.5 Å². The molecule has 0 amide bonds. The average molecular weight is 453 g/mol. The Kier molecular flexibility index (Phi) is 5.80. The Bertz CT molecular complexity index is 1480. The highest BCUT2D eigenvalue weighted by Crippen LogP contribution is 2.32. The summed E-state index contributed by atoms with van der Waals surface area (Å²) in [6.45, 7) is 6.68. The van der Waals surface area contributed by atoms with Gasteiger partial charge in [-0.05, 0) is 45.0 Å². The van der Waals surface area contributed by atoms with Crippen LogP contribution in [0.4, 0.5) is 5.69 Å². The molecular formula is C28H24N2O2S. The lowest BCUT2D eigenvalue weighted by molar-refractivity contribution is 0.337. The van der Waals surface area contributed by atoms with Gasteiger partial charge in [-0.1, -0.05) is 59.7 Å². The van der Waals surface area contributed by atoms with Crippen molar-refractivity contribution in [3.8, 4) is 27.6 Å². The number of hydrogen-bond donors (Lipinski definition) is 0. The molecule has 0 aliphatic heterocycles. The van der Waals surface area contributed by atoms with Gasteiger partial charge < -0.3 is 9.15 Å². The zero-order valence-corrected chi connectivity index (χ0v) is 19.6. The Balaban J connectivity index is 1.70. The quantitative estimate of drug-likeness (QED) is 0.278. The van der Waals surface area contributed by atoms with Crippen LogP contribution in [-0.4, -0.2) is 11.6 Å². The number of para-hydroxylation sites is 1. The highest BCUT2D eigenvalue weighted by atomic mass is 32.1. The molecule has 0 radical (unpaired) electrons. The summed E-state index contributed by atoms with van der Waals surface area (Å²) >= 11 is 1.59. The molecule has 0 bridgehead atoms. The van der Waals surface area contributed by atoms with Crippen molar-refractivity contribution in [2.45, 2.75) is 20.8 Å². The van der Waals surface area contributed by atoms with Crippen molar-refractivity contribution in [1.29, 1.82) is 0 Å². The molecule has 2 heterocycles. The number of thiazole rings is 1. The fraction of sp³-hybridized carbons (Fsp3) is 0.143. The first kappa shape index (κ1) is 21.2. The third-order valence-electron chi connectivity index (χ3n) is 5.38. The highest BCUT2D eigenvalue weighted by Gasteiger charge is 2.14. The summed E-state index contributed by atoms with van der Waals surface area (Å²) in [5, 5.41) is 3.89. The summed E-state index contributed by atoms with van der Waals surface area (Å²) in [6, 6.07) is 24.5. The number of ether oxygens (including phenoxy) is 1. The van der Waals surface area contributed by atoms with E-state index in [1.54, 1.807) is 11.3 Å². The van der Waals surface area contributed by atoms with Gasteiger partial charge in [0.2, 0.25) is 5.55 Å². The molecule has 5 rings (SSSR count). The SMILES string of the molecule is CCOc1cccc2cc(-c3nc(-c4ccc(C)cc4)cs3)c(=Nc3ccc(C)cc3)oc12. The molecule has 3 aromatic carbocycles. The fourth-order valence-electron chi connectivity index (χ4n) is 3.62. The van der Waals surface area contributed by atoms with E-state index in [0.717, 1.165) is 32.9 Å². The van der Waals surface area contributed by atoms with Crippen LogP contribution in [0.2, 0.25) is 0 Å². The van der Waals surface area contributed by atoms with Crippen LogP contribution in [0.5, 0.6) is 5.75 Å². The van der Waals surface area contributed by atoms with Crippen LogP contribution in [0.1, 0.15) is 18.1 Å². The molecule has 0 saturated carbocycles. The Morgan fingerprint density at radius 2 is 1.67 bits per heavy atom. The van der Waals surface area contributed by atoms with E-state index in [1.807, 2.05) is 49.4 Å². The van der Waals surface area contributed by atoms with Crippen LogP contribution in [0.25, 0.3) is 32.8 Å². The summed E-state index contributed by atoms with van der Waals surface area (Å²) in [4.78, 5) is 9.78. The number of rotatable bonds is 5. The standard InChI is InChI=1S/C28H24N2O2S/c1-4-31-25-7-5-6-21-16-23(27(32-26(21)25)29-22-14-10-19(3)11-15-22)28-30-24(17-33-28)20-12-8-18(2)9-13-20/h5-17H,4H2,1-3H3. The van der Waals surface area contributed by atoms with Gasteiger partial charge in [0.25, 0.3) is 0 Å². The fourth-order valence-corrected chi connectivity index (χ4v) is 4.46. The van der Waals surface area contributed by atoms with Gasteiger partial charge in [-0.25, -0.2) is 9.98 Å². The normalized spacial score (nSPS) is 11.8. The van der Waals surface area contributed by atoms with E-state index in [4.69, 9.17) is 19.1 Å². The number of fused-ring (bicyclic) bond motifs is 1. The lowest BCUT2D eigenvalue weighted by Crippen LogP contribution is -2.06. The second-order valence-corrected chi connectivity index (χ2v) is 8.78. The number of nitrogens with zero attached hydrogens (tertiary/aromatic N) is 2. The maximum Gasteiger partial charge on any atom is 0.230 e. The van der Waals surface area contributed by atoms with Crippen LogP contribution in [0, 0.1) is 13.8 Å². The molecule has 0 spiro atoms.